The predicted molar refractivity (Wildman–Crippen MR) is 84.3 cm³/mol. The topological polar surface area (TPSA) is 106 Å². The summed E-state index contributed by atoms with van der Waals surface area (Å²) in [6.45, 7) is 0. The van der Waals surface area contributed by atoms with Crippen LogP contribution in [-0.2, 0) is 18.3 Å². The lowest BCUT2D eigenvalue weighted by Crippen LogP contribution is -1.98. The molecule has 0 unspecified atom stereocenters. The number of nitrogen functional groups attached to an aromatic ring is 1. The highest BCUT2D eigenvalue weighted by molar-refractivity contribution is 7.13. The second-order valence-electron chi connectivity index (χ2n) is 4.70. The van der Waals surface area contributed by atoms with Crippen LogP contribution < -0.4 is 5.73 Å². The van der Waals surface area contributed by atoms with Gasteiger partial charge in [0.1, 0.15) is 0 Å². The second kappa shape index (κ2) is 5.57. The number of benzene rings is 1. The molecule has 2 heterocycles. The first-order valence-electron chi connectivity index (χ1n) is 6.47. The van der Waals surface area contributed by atoms with Gasteiger partial charge in [-0.2, -0.15) is 0 Å². The molecular weight excluding hydrogens is 302 g/mol. The van der Waals surface area contributed by atoms with Gasteiger partial charge >= 0.3 is 0 Å². The van der Waals surface area contributed by atoms with Crippen LogP contribution in [0.15, 0.2) is 39.9 Å². The van der Waals surface area contributed by atoms with E-state index < -0.39 is 5.91 Å². The summed E-state index contributed by atoms with van der Waals surface area (Å²) >= 11 is 1.27. The van der Waals surface area contributed by atoms with Crippen molar-refractivity contribution in [3.63, 3.8) is 0 Å². The van der Waals surface area contributed by atoms with Crippen LogP contribution in [-0.4, -0.2) is 20.6 Å². The molecule has 0 aliphatic heterocycles. The third-order valence-corrected chi connectivity index (χ3v) is 3.94. The Morgan fingerprint density at radius 1 is 1.45 bits per heavy atom. The van der Waals surface area contributed by atoms with Crippen molar-refractivity contribution >= 4 is 39.0 Å². The number of nitrogens with two attached hydrogens (primary N) is 1. The first-order chi connectivity index (χ1) is 10.6. The van der Waals surface area contributed by atoms with Crippen LogP contribution in [0.25, 0.3) is 10.9 Å². The molecule has 0 fully saturated rings. The van der Waals surface area contributed by atoms with Gasteiger partial charge in [0.2, 0.25) is 5.88 Å². The van der Waals surface area contributed by atoms with Crippen molar-refractivity contribution in [2.45, 2.75) is 6.42 Å². The maximum atomic E-state index is 11.8. The fourth-order valence-electron chi connectivity index (χ4n) is 2.16. The van der Waals surface area contributed by atoms with Crippen molar-refractivity contribution in [1.82, 2.24) is 9.55 Å². The summed E-state index contributed by atoms with van der Waals surface area (Å²) in [6.07, 6.45) is 0.0305. The normalized spacial score (nSPS) is 11.5. The number of aryl methyl sites for hydroxylation is 1. The maximum absolute atomic E-state index is 11.8. The highest BCUT2D eigenvalue weighted by Crippen LogP contribution is 2.37. The average Bonchev–Trinajstić information content (AvgIpc) is 3.01. The number of para-hydroxylation sites is 1. The van der Waals surface area contributed by atoms with Gasteiger partial charge in [0.25, 0.3) is 5.91 Å². The number of anilines is 1. The van der Waals surface area contributed by atoms with E-state index in [1.54, 1.807) is 17.0 Å². The lowest BCUT2D eigenvalue weighted by atomic mass is 10.2. The number of fused-ring (bicyclic) bond motifs is 1. The number of hydrogen-bond donors (Lipinski definition) is 2. The van der Waals surface area contributed by atoms with E-state index >= 15 is 0 Å². The summed E-state index contributed by atoms with van der Waals surface area (Å²) in [6, 6.07) is 7.37. The molecule has 0 radical (unpaired) electrons. The number of carbonyl (C=O) groups is 1. The molecule has 0 atom stereocenters. The molecule has 3 rings (SSSR count). The minimum absolute atomic E-state index is 0.0305. The van der Waals surface area contributed by atoms with E-state index in [9.17, 15) is 9.90 Å². The summed E-state index contributed by atoms with van der Waals surface area (Å²) in [5.74, 6) is -0.478. The van der Waals surface area contributed by atoms with Gasteiger partial charge in [0.05, 0.1) is 17.6 Å². The lowest BCUT2D eigenvalue weighted by molar-refractivity contribution is -0.117. The van der Waals surface area contributed by atoms with Gasteiger partial charge in [0, 0.05) is 17.8 Å². The average molecular weight is 315 g/mol. The number of azo groups is 1. The van der Waals surface area contributed by atoms with Crippen molar-refractivity contribution in [1.29, 1.82) is 0 Å². The SMILES string of the molecule is Cn1c(O)c(N=NC(=O)Cc2csc(N)n2)c2ccccc21. The number of rotatable bonds is 3. The zero-order chi connectivity index (χ0) is 15.7. The summed E-state index contributed by atoms with van der Waals surface area (Å²) in [5, 5.41) is 20.5. The smallest absolute Gasteiger partial charge is 0.270 e. The Hall–Kier alpha value is -2.74. The van der Waals surface area contributed by atoms with Crippen molar-refractivity contribution in [2.24, 2.45) is 17.3 Å². The number of amides is 1. The Bertz CT molecular complexity index is 881. The largest absolute Gasteiger partial charge is 0.493 e. The van der Waals surface area contributed by atoms with Crippen molar-refractivity contribution in [3.05, 3.63) is 35.3 Å². The van der Waals surface area contributed by atoms with Crippen LogP contribution in [0.1, 0.15) is 5.69 Å². The van der Waals surface area contributed by atoms with Crippen molar-refractivity contribution < 1.29 is 9.90 Å². The number of aromatic hydroxyl groups is 1. The van der Waals surface area contributed by atoms with Gasteiger partial charge in [-0.3, -0.25) is 4.79 Å². The number of nitrogens with zero attached hydrogens (tertiary/aromatic N) is 4. The van der Waals surface area contributed by atoms with Gasteiger partial charge in [-0.05, 0) is 6.07 Å². The third-order valence-electron chi connectivity index (χ3n) is 3.21. The molecule has 1 aromatic carbocycles. The Morgan fingerprint density at radius 2 is 2.23 bits per heavy atom. The number of aromatic nitrogens is 2. The quantitative estimate of drug-likeness (QED) is 0.725. The van der Waals surface area contributed by atoms with Gasteiger partial charge in [-0.15, -0.1) is 21.6 Å². The molecule has 0 aliphatic rings. The highest BCUT2D eigenvalue weighted by Gasteiger charge is 2.14. The molecule has 1 amide bonds. The summed E-state index contributed by atoms with van der Waals surface area (Å²) < 4.78 is 1.59. The molecule has 7 nitrogen and oxygen atoms in total. The van der Waals surface area contributed by atoms with E-state index in [4.69, 9.17) is 5.73 Å². The Labute approximate surface area is 129 Å². The Morgan fingerprint density at radius 3 is 2.95 bits per heavy atom. The minimum Gasteiger partial charge on any atom is -0.493 e. The summed E-state index contributed by atoms with van der Waals surface area (Å²) in [5.41, 5.74) is 7.17. The van der Waals surface area contributed by atoms with Crippen molar-refractivity contribution in [3.8, 4) is 5.88 Å². The van der Waals surface area contributed by atoms with E-state index in [0.29, 0.717) is 10.8 Å². The fourth-order valence-corrected chi connectivity index (χ4v) is 2.72. The molecule has 22 heavy (non-hydrogen) atoms. The molecule has 0 bridgehead atoms. The van der Waals surface area contributed by atoms with E-state index in [-0.39, 0.29) is 18.0 Å². The Kier molecular flexibility index (Phi) is 3.60. The summed E-state index contributed by atoms with van der Waals surface area (Å²) in [7, 11) is 1.72. The zero-order valence-corrected chi connectivity index (χ0v) is 12.5. The highest BCUT2D eigenvalue weighted by atomic mass is 32.1. The van der Waals surface area contributed by atoms with E-state index in [1.165, 1.54) is 11.3 Å². The van der Waals surface area contributed by atoms with Crippen LogP contribution >= 0.6 is 11.3 Å². The van der Waals surface area contributed by atoms with Crippen LogP contribution in [0, 0.1) is 0 Å². The number of carbonyl (C=O) groups excluding carboxylic acids is 1. The Balaban J connectivity index is 1.86. The molecule has 2 aromatic heterocycles. The lowest BCUT2D eigenvalue weighted by Gasteiger charge is -1.95. The van der Waals surface area contributed by atoms with Crippen LogP contribution in [0.3, 0.4) is 0 Å². The van der Waals surface area contributed by atoms with E-state index in [2.05, 4.69) is 15.2 Å². The van der Waals surface area contributed by atoms with E-state index in [1.807, 2.05) is 24.3 Å². The van der Waals surface area contributed by atoms with Crippen molar-refractivity contribution in [2.75, 3.05) is 5.73 Å². The molecule has 0 saturated heterocycles. The van der Waals surface area contributed by atoms with Crippen LogP contribution in [0.2, 0.25) is 0 Å². The van der Waals surface area contributed by atoms with Crippen LogP contribution in [0.4, 0.5) is 10.8 Å². The van der Waals surface area contributed by atoms with Crippen LogP contribution in [0.5, 0.6) is 5.88 Å². The number of hydrogen-bond acceptors (Lipinski definition) is 6. The molecule has 3 N–H and O–H groups in total. The number of thiazole rings is 1. The second-order valence-corrected chi connectivity index (χ2v) is 5.59. The van der Waals surface area contributed by atoms with Gasteiger partial charge < -0.3 is 15.4 Å². The molecule has 112 valence electrons. The molecular formula is C14H13N5O2S. The first-order valence-corrected chi connectivity index (χ1v) is 7.35. The standard InChI is InChI=1S/C14H13N5O2S/c1-19-10-5-3-2-4-9(10)12(13(19)21)18-17-11(20)6-8-7-22-14(15)16-8/h2-5,7,21H,6H2,1H3,(H2,15,16). The van der Waals surface area contributed by atoms with Gasteiger partial charge in [0.15, 0.2) is 10.8 Å². The first kappa shape index (κ1) is 14.2. The molecule has 3 aromatic rings. The van der Waals surface area contributed by atoms with Gasteiger partial charge in [-0.25, -0.2) is 4.98 Å². The van der Waals surface area contributed by atoms with E-state index in [0.717, 1.165) is 10.9 Å². The zero-order valence-electron chi connectivity index (χ0n) is 11.7. The molecule has 0 spiro atoms. The maximum Gasteiger partial charge on any atom is 0.270 e. The molecule has 8 heteroatoms. The predicted octanol–water partition coefficient (Wildman–Crippen LogP) is 2.78. The van der Waals surface area contributed by atoms with Gasteiger partial charge in [-0.1, -0.05) is 18.2 Å². The monoisotopic (exact) mass is 315 g/mol. The molecule has 0 saturated carbocycles. The molecule has 0 aliphatic carbocycles. The summed E-state index contributed by atoms with van der Waals surface area (Å²) in [4.78, 5) is 15.8. The fraction of sp³-hybridized carbons (Fsp3) is 0.143. The minimum atomic E-state index is -0.447. The third kappa shape index (κ3) is 2.56.